The van der Waals surface area contributed by atoms with Crippen molar-refractivity contribution in [1.29, 1.82) is 0 Å². The maximum Gasteiger partial charge on any atom is 0.409 e. The molecule has 1 aliphatic rings. The number of likely N-dealkylation sites (tertiary alicyclic amines) is 1. The van der Waals surface area contributed by atoms with Gasteiger partial charge in [0.1, 0.15) is 13.2 Å². The molecule has 1 aliphatic heterocycles. The molecule has 1 saturated heterocycles. The second kappa shape index (κ2) is 49.0. The molecule has 0 bridgehead atoms. The molecular formula is C61H118N4O8. The van der Waals surface area contributed by atoms with Crippen molar-refractivity contribution in [3.05, 3.63) is 0 Å². The molecule has 0 aromatic carbocycles. The van der Waals surface area contributed by atoms with E-state index >= 15 is 0 Å². The first kappa shape index (κ1) is 68.4. The smallest absolute Gasteiger partial charge is 0.409 e. The molecular weight excluding hydrogens is 917 g/mol. The Kier molecular flexibility index (Phi) is 45.9. The Morgan fingerprint density at radius 2 is 0.753 bits per heavy atom. The van der Waals surface area contributed by atoms with Gasteiger partial charge >= 0.3 is 24.1 Å². The van der Waals surface area contributed by atoms with Crippen LogP contribution in [0.4, 0.5) is 9.59 Å². The molecule has 0 aromatic rings. The first-order chi connectivity index (χ1) is 35.6. The number of hydrogen-bond acceptors (Lipinski definition) is 10. The monoisotopic (exact) mass is 1030 g/mol. The number of likely N-dealkylation sites (N-methyl/N-ethyl adjacent to an activating group) is 1. The molecule has 1 atom stereocenters. The zero-order chi connectivity index (χ0) is 53.4. The van der Waals surface area contributed by atoms with Gasteiger partial charge in [-0.15, -0.1) is 0 Å². The lowest BCUT2D eigenvalue weighted by atomic mass is 9.96. The second-order valence-corrected chi connectivity index (χ2v) is 22.0. The third-order valence-electron chi connectivity index (χ3n) is 15.1. The predicted octanol–water partition coefficient (Wildman–Crippen LogP) is 15.6. The Hall–Kier alpha value is -2.60. The van der Waals surface area contributed by atoms with Gasteiger partial charge in [-0.1, -0.05) is 183 Å². The summed E-state index contributed by atoms with van der Waals surface area (Å²) in [4.78, 5) is 61.2. The number of rotatable bonds is 51. The molecule has 0 aliphatic carbocycles. The van der Waals surface area contributed by atoms with Gasteiger partial charge in [0, 0.05) is 64.7 Å². The molecule has 12 nitrogen and oxygen atoms in total. The third kappa shape index (κ3) is 38.6. The van der Waals surface area contributed by atoms with Crippen LogP contribution in [0.25, 0.3) is 0 Å². The van der Waals surface area contributed by atoms with Crippen molar-refractivity contribution < 1.29 is 38.1 Å². The Bertz CT molecular complexity index is 1200. The Labute approximate surface area is 450 Å². The molecule has 0 saturated carbocycles. The number of esters is 2. The van der Waals surface area contributed by atoms with Crippen LogP contribution in [0.1, 0.15) is 266 Å². The van der Waals surface area contributed by atoms with Crippen molar-refractivity contribution >= 4 is 24.1 Å². The van der Waals surface area contributed by atoms with Crippen LogP contribution >= 0.6 is 0 Å². The van der Waals surface area contributed by atoms with Crippen molar-refractivity contribution in [2.24, 2.45) is 11.8 Å². The van der Waals surface area contributed by atoms with Crippen LogP contribution in [-0.2, 0) is 28.5 Å². The fourth-order valence-electron chi connectivity index (χ4n) is 10.2. The summed E-state index contributed by atoms with van der Waals surface area (Å²) in [5.41, 5.74) is 0. The summed E-state index contributed by atoms with van der Waals surface area (Å²) in [5, 5.41) is 0. The second-order valence-electron chi connectivity index (χ2n) is 22.0. The highest BCUT2D eigenvalue weighted by molar-refractivity contribution is 5.70. The summed E-state index contributed by atoms with van der Waals surface area (Å²) in [7, 11) is 2.14. The van der Waals surface area contributed by atoms with E-state index in [2.05, 4.69) is 58.4 Å². The largest absolute Gasteiger partial charge is 0.465 e. The standard InChI is InChI=1S/C61H118N4O8/c1-8-14-20-22-32-43-64(45-34-24-30-40-58(66)72-53-55(36-26-16-10-3)37-27-17-11-4)60(68)70-50-48-63(57-42-47-62(7)52-57)49-51-71-61(69)65(44-33-23-21-15-9-2)46-35-25-31-41-59(67)73-54-56(38-28-18-12-5)39-29-19-13-6/h55-57H,8-54H2,1-7H3. The van der Waals surface area contributed by atoms with Gasteiger partial charge in [0.15, 0.2) is 0 Å². The number of hydrogen-bond donors (Lipinski definition) is 0. The van der Waals surface area contributed by atoms with Crippen LogP contribution in [0, 0.1) is 11.8 Å². The van der Waals surface area contributed by atoms with Gasteiger partial charge in [0.2, 0.25) is 0 Å². The quantitative estimate of drug-likeness (QED) is 0.0331. The van der Waals surface area contributed by atoms with Crippen LogP contribution in [0.15, 0.2) is 0 Å². The molecule has 0 aromatic heterocycles. The van der Waals surface area contributed by atoms with Gasteiger partial charge in [0.05, 0.1) is 13.2 Å². The lowest BCUT2D eigenvalue weighted by molar-refractivity contribution is -0.146. The molecule has 1 heterocycles. The fourth-order valence-corrected chi connectivity index (χ4v) is 10.2. The minimum absolute atomic E-state index is 0.0948. The van der Waals surface area contributed by atoms with Gasteiger partial charge in [-0.3, -0.25) is 14.5 Å². The topological polar surface area (TPSA) is 118 Å². The molecule has 1 unspecified atom stereocenters. The highest BCUT2D eigenvalue weighted by Crippen LogP contribution is 2.21. The SMILES string of the molecule is CCCCCCCN(CCCCCC(=O)OCC(CCCCC)CCCCC)C(=O)OCCN(CCOC(=O)N(CCCCCCC)CCCCCC(=O)OCC(CCCCC)CCCCC)C1CCN(C)C1. The van der Waals surface area contributed by atoms with Crippen LogP contribution in [-0.4, -0.2) is 136 Å². The van der Waals surface area contributed by atoms with E-state index in [1.54, 1.807) is 0 Å². The number of nitrogens with zero attached hydrogens (tertiary/aromatic N) is 4. The number of carbonyl (C=O) groups excluding carboxylic acids is 4. The summed E-state index contributed by atoms with van der Waals surface area (Å²) in [6.07, 6.45) is 36.6. The third-order valence-corrected chi connectivity index (χ3v) is 15.1. The lowest BCUT2D eigenvalue weighted by Crippen LogP contribution is -2.43. The summed E-state index contributed by atoms with van der Waals surface area (Å²) in [6, 6.07) is 0.297. The molecule has 2 amide bonds. The van der Waals surface area contributed by atoms with E-state index in [1.807, 2.05) is 9.80 Å². The molecule has 12 heteroatoms. The van der Waals surface area contributed by atoms with Crippen molar-refractivity contribution in [1.82, 2.24) is 19.6 Å². The van der Waals surface area contributed by atoms with Gasteiger partial charge in [-0.05, 0) is 96.1 Å². The molecule has 73 heavy (non-hydrogen) atoms. The molecule has 0 N–H and O–H groups in total. The molecule has 430 valence electrons. The zero-order valence-corrected chi connectivity index (χ0v) is 49.0. The van der Waals surface area contributed by atoms with Gasteiger partial charge in [-0.25, -0.2) is 9.59 Å². The van der Waals surface area contributed by atoms with E-state index in [1.165, 1.54) is 116 Å². The van der Waals surface area contributed by atoms with E-state index in [-0.39, 0.29) is 37.3 Å². The first-order valence-electron chi connectivity index (χ1n) is 31.2. The van der Waals surface area contributed by atoms with E-state index in [0.717, 1.165) is 109 Å². The van der Waals surface area contributed by atoms with Crippen LogP contribution < -0.4 is 0 Å². The zero-order valence-electron chi connectivity index (χ0n) is 49.0. The normalized spacial score (nSPS) is 13.9. The summed E-state index contributed by atoms with van der Waals surface area (Å²) in [6.45, 7) is 20.7. The Morgan fingerprint density at radius 1 is 0.425 bits per heavy atom. The fraction of sp³-hybridized carbons (Fsp3) is 0.934. The van der Waals surface area contributed by atoms with Crippen molar-refractivity contribution in [3.63, 3.8) is 0 Å². The van der Waals surface area contributed by atoms with Gasteiger partial charge < -0.3 is 33.6 Å². The summed E-state index contributed by atoms with van der Waals surface area (Å²) >= 11 is 0. The maximum absolute atomic E-state index is 13.7. The van der Waals surface area contributed by atoms with E-state index in [9.17, 15) is 19.2 Å². The Balaban J connectivity index is 2.73. The minimum Gasteiger partial charge on any atom is -0.465 e. The summed E-state index contributed by atoms with van der Waals surface area (Å²) in [5.74, 6) is 0.745. The molecule has 1 fully saturated rings. The minimum atomic E-state index is -0.266. The lowest BCUT2D eigenvalue weighted by Gasteiger charge is -2.30. The van der Waals surface area contributed by atoms with Gasteiger partial charge in [-0.2, -0.15) is 0 Å². The van der Waals surface area contributed by atoms with E-state index in [4.69, 9.17) is 18.9 Å². The number of ether oxygens (including phenoxy) is 4. The predicted molar refractivity (Wildman–Crippen MR) is 303 cm³/mol. The molecule has 0 radical (unpaired) electrons. The van der Waals surface area contributed by atoms with Crippen LogP contribution in [0.5, 0.6) is 0 Å². The van der Waals surface area contributed by atoms with Crippen molar-refractivity contribution in [2.45, 2.75) is 272 Å². The number of carbonyl (C=O) groups is 4. The van der Waals surface area contributed by atoms with Gasteiger partial charge in [0.25, 0.3) is 0 Å². The average molecular weight is 1040 g/mol. The molecule has 1 rings (SSSR count). The van der Waals surface area contributed by atoms with E-state index in [0.29, 0.717) is 83.2 Å². The Morgan fingerprint density at radius 3 is 1.08 bits per heavy atom. The van der Waals surface area contributed by atoms with Crippen LogP contribution in [0.2, 0.25) is 0 Å². The average Bonchev–Trinajstić information content (AvgIpc) is 3.82. The molecule has 0 spiro atoms. The first-order valence-corrected chi connectivity index (χ1v) is 31.2. The van der Waals surface area contributed by atoms with Crippen molar-refractivity contribution in [3.8, 4) is 0 Å². The highest BCUT2D eigenvalue weighted by atomic mass is 16.6. The maximum atomic E-state index is 13.7. The highest BCUT2D eigenvalue weighted by Gasteiger charge is 2.27. The number of amides is 2. The van der Waals surface area contributed by atoms with Crippen molar-refractivity contribution in [2.75, 3.05) is 85.8 Å². The van der Waals surface area contributed by atoms with E-state index < -0.39 is 0 Å². The number of unbranched alkanes of at least 4 members (excludes halogenated alkanes) is 20. The van der Waals surface area contributed by atoms with Crippen LogP contribution in [0.3, 0.4) is 0 Å². The summed E-state index contributed by atoms with van der Waals surface area (Å²) < 4.78 is 23.6.